The molecule has 2 fully saturated rings. The molecule has 180 valence electrons. The van der Waals surface area contributed by atoms with Crippen LogP contribution in [0.2, 0.25) is 0 Å². The van der Waals surface area contributed by atoms with Gasteiger partial charge in [-0.1, -0.05) is 43.0 Å². The van der Waals surface area contributed by atoms with E-state index in [-0.39, 0.29) is 23.7 Å². The molecule has 1 saturated carbocycles. The van der Waals surface area contributed by atoms with Gasteiger partial charge in [0.1, 0.15) is 28.9 Å². The fourth-order valence-electron chi connectivity index (χ4n) is 4.76. The lowest BCUT2D eigenvalue weighted by Gasteiger charge is -2.20. The van der Waals surface area contributed by atoms with Gasteiger partial charge >= 0.3 is 0 Å². The molecule has 1 amide bonds. The second kappa shape index (κ2) is 9.07. The molecular formula is C28H29N3O4. The Kier molecular flexibility index (Phi) is 5.94. The normalized spacial score (nSPS) is 25.1. The van der Waals surface area contributed by atoms with Crippen LogP contribution in [0.5, 0.6) is 11.5 Å². The minimum atomic E-state index is -0.801. The largest absolute Gasteiger partial charge is 0.510 e. The van der Waals surface area contributed by atoms with Gasteiger partial charge in [0.15, 0.2) is 0 Å². The van der Waals surface area contributed by atoms with Gasteiger partial charge in [0, 0.05) is 42.0 Å². The molecule has 3 N–H and O–H groups in total. The number of carbonyl (C=O) groups excluding carboxylic acids is 1. The average Bonchev–Trinajstić information content (AvgIpc) is 3.40. The lowest BCUT2D eigenvalue weighted by molar-refractivity contribution is -0.123. The number of ether oxygens (including phenoxy) is 2. The van der Waals surface area contributed by atoms with Gasteiger partial charge in [-0.3, -0.25) is 4.79 Å². The van der Waals surface area contributed by atoms with Gasteiger partial charge in [-0.25, -0.2) is 4.98 Å². The molecule has 7 heteroatoms. The van der Waals surface area contributed by atoms with Crippen LogP contribution in [0.3, 0.4) is 0 Å². The summed E-state index contributed by atoms with van der Waals surface area (Å²) in [5.74, 6) is 1.21. The minimum absolute atomic E-state index is 0.00557. The summed E-state index contributed by atoms with van der Waals surface area (Å²) < 4.78 is 11.8. The van der Waals surface area contributed by atoms with Crippen LogP contribution in [0.1, 0.15) is 12.8 Å². The molecule has 1 aliphatic carbocycles. The van der Waals surface area contributed by atoms with E-state index in [0.29, 0.717) is 25.1 Å². The van der Waals surface area contributed by atoms with Crippen LogP contribution in [0.25, 0.3) is 22.2 Å². The van der Waals surface area contributed by atoms with Gasteiger partial charge in [0.2, 0.25) is 5.91 Å². The summed E-state index contributed by atoms with van der Waals surface area (Å²) in [7, 11) is 1.63. The molecule has 1 unspecified atom stereocenters. The molecule has 35 heavy (non-hydrogen) atoms. The maximum atomic E-state index is 12.9. The topological polar surface area (TPSA) is 92.7 Å². The predicted molar refractivity (Wildman–Crippen MR) is 136 cm³/mol. The fourth-order valence-corrected chi connectivity index (χ4v) is 4.76. The molecular weight excluding hydrogens is 442 g/mol. The number of nitrogens with zero attached hydrogens (tertiary/aromatic N) is 1. The molecule has 7 nitrogen and oxygen atoms in total. The van der Waals surface area contributed by atoms with Crippen molar-refractivity contribution in [2.45, 2.75) is 30.5 Å². The lowest BCUT2D eigenvalue weighted by atomic mass is 10.1. The molecule has 4 atom stereocenters. The first kappa shape index (κ1) is 22.9. The third-order valence-corrected chi connectivity index (χ3v) is 6.91. The SMILES string of the molecule is C=CC1C[C@]1(NC(=O)[C@@H]1C[C@@H](Oc2cc(-c3ccccc3)nc3cc(OC)ccc23)CN1)C(=C)O. The van der Waals surface area contributed by atoms with Gasteiger partial charge in [0.25, 0.3) is 0 Å². The summed E-state index contributed by atoms with van der Waals surface area (Å²) in [6.45, 7) is 7.95. The quantitative estimate of drug-likeness (QED) is 0.338. The Balaban J connectivity index is 1.36. The molecule has 0 spiro atoms. The Morgan fingerprint density at radius 3 is 2.74 bits per heavy atom. The first-order valence-electron chi connectivity index (χ1n) is 11.7. The van der Waals surface area contributed by atoms with Crippen molar-refractivity contribution in [3.63, 3.8) is 0 Å². The maximum absolute atomic E-state index is 12.9. The van der Waals surface area contributed by atoms with E-state index < -0.39 is 11.6 Å². The molecule has 0 bridgehead atoms. The van der Waals surface area contributed by atoms with Gasteiger partial charge in [-0.2, -0.15) is 0 Å². The first-order valence-corrected chi connectivity index (χ1v) is 11.7. The Morgan fingerprint density at radius 1 is 1.26 bits per heavy atom. The van der Waals surface area contributed by atoms with Crippen LogP contribution in [-0.2, 0) is 4.79 Å². The molecule has 1 saturated heterocycles. The number of aliphatic hydroxyl groups is 1. The minimum Gasteiger partial charge on any atom is -0.510 e. The first-order chi connectivity index (χ1) is 16.9. The Hall–Kier alpha value is -3.84. The van der Waals surface area contributed by atoms with Crippen LogP contribution in [0, 0.1) is 5.92 Å². The summed E-state index contributed by atoms with van der Waals surface area (Å²) >= 11 is 0. The maximum Gasteiger partial charge on any atom is 0.238 e. The molecule has 0 radical (unpaired) electrons. The monoisotopic (exact) mass is 471 g/mol. The van der Waals surface area contributed by atoms with Crippen molar-refractivity contribution in [3.05, 3.63) is 79.6 Å². The van der Waals surface area contributed by atoms with E-state index in [0.717, 1.165) is 27.9 Å². The number of benzene rings is 2. The van der Waals surface area contributed by atoms with Crippen LogP contribution in [0.15, 0.2) is 79.6 Å². The van der Waals surface area contributed by atoms with Crippen molar-refractivity contribution >= 4 is 16.8 Å². The standard InChI is InChI=1S/C28H29N3O4/c1-4-19-15-28(19,17(2)32)31-27(33)25-13-21(16-29-25)35-26-14-23(18-8-6-5-7-9-18)30-24-12-20(34-3)10-11-22(24)26/h4-12,14,19,21,25,29,32H,1-2,13,15-16H2,3H3,(H,31,33)/t19?,21-,25+,28+/m1/s1. The number of hydrogen-bond acceptors (Lipinski definition) is 6. The van der Waals surface area contributed by atoms with Crippen LogP contribution in [0.4, 0.5) is 0 Å². The van der Waals surface area contributed by atoms with E-state index in [4.69, 9.17) is 14.5 Å². The highest BCUT2D eigenvalue weighted by molar-refractivity contribution is 5.89. The number of aromatic nitrogens is 1. The van der Waals surface area contributed by atoms with E-state index >= 15 is 0 Å². The second-order valence-corrected chi connectivity index (χ2v) is 9.14. The zero-order chi connectivity index (χ0) is 24.6. The highest BCUT2D eigenvalue weighted by Gasteiger charge is 2.57. The summed E-state index contributed by atoms with van der Waals surface area (Å²) in [5.41, 5.74) is 1.76. The van der Waals surface area contributed by atoms with Gasteiger partial charge < -0.3 is 25.2 Å². The Labute approximate surface area is 204 Å². The number of carbonyl (C=O) groups is 1. The average molecular weight is 472 g/mol. The van der Waals surface area contributed by atoms with E-state index in [1.807, 2.05) is 54.6 Å². The van der Waals surface area contributed by atoms with Gasteiger partial charge in [-0.15, -0.1) is 6.58 Å². The number of methoxy groups -OCH3 is 1. The smallest absolute Gasteiger partial charge is 0.238 e. The van der Waals surface area contributed by atoms with Crippen molar-refractivity contribution in [2.24, 2.45) is 5.92 Å². The van der Waals surface area contributed by atoms with Crippen LogP contribution >= 0.6 is 0 Å². The number of hydrogen-bond donors (Lipinski definition) is 3. The van der Waals surface area contributed by atoms with Crippen molar-refractivity contribution in [3.8, 4) is 22.8 Å². The Bertz CT molecular complexity index is 1290. The number of amides is 1. The molecule has 2 aliphatic rings. The zero-order valence-corrected chi connectivity index (χ0v) is 19.7. The molecule has 2 aromatic carbocycles. The molecule has 1 aliphatic heterocycles. The van der Waals surface area contributed by atoms with E-state index in [2.05, 4.69) is 23.8 Å². The van der Waals surface area contributed by atoms with E-state index in [9.17, 15) is 9.90 Å². The number of aliphatic hydroxyl groups excluding tert-OH is 1. The van der Waals surface area contributed by atoms with E-state index in [1.54, 1.807) is 13.2 Å². The zero-order valence-electron chi connectivity index (χ0n) is 19.7. The summed E-state index contributed by atoms with van der Waals surface area (Å²) in [6, 6.07) is 17.2. The lowest BCUT2D eigenvalue weighted by Crippen LogP contribution is -2.48. The fraction of sp³-hybridized carbons (Fsp3) is 0.286. The third-order valence-electron chi connectivity index (χ3n) is 6.91. The molecule has 5 rings (SSSR count). The van der Waals surface area contributed by atoms with Crippen molar-refractivity contribution in [2.75, 3.05) is 13.7 Å². The number of pyridine rings is 1. The number of nitrogens with one attached hydrogen (secondary N) is 2. The van der Waals surface area contributed by atoms with Gasteiger partial charge in [-0.05, 0) is 18.6 Å². The number of rotatable bonds is 8. The molecule has 2 heterocycles. The third kappa shape index (κ3) is 4.35. The van der Waals surface area contributed by atoms with Crippen LogP contribution < -0.4 is 20.1 Å². The molecule has 1 aromatic heterocycles. The summed E-state index contributed by atoms with van der Waals surface area (Å²) in [5, 5.41) is 17.1. The highest BCUT2D eigenvalue weighted by Crippen LogP contribution is 2.48. The predicted octanol–water partition coefficient (Wildman–Crippen LogP) is 4.15. The molecule has 3 aromatic rings. The van der Waals surface area contributed by atoms with Crippen LogP contribution in [-0.4, -0.2) is 47.3 Å². The summed E-state index contributed by atoms with van der Waals surface area (Å²) in [6.07, 6.45) is 2.64. The van der Waals surface area contributed by atoms with Crippen molar-refractivity contribution in [1.82, 2.24) is 15.6 Å². The van der Waals surface area contributed by atoms with Gasteiger partial charge in [0.05, 0.1) is 24.4 Å². The van der Waals surface area contributed by atoms with Crippen molar-refractivity contribution in [1.29, 1.82) is 0 Å². The van der Waals surface area contributed by atoms with Crippen molar-refractivity contribution < 1.29 is 19.4 Å². The highest BCUT2D eigenvalue weighted by atomic mass is 16.5. The van der Waals surface area contributed by atoms with E-state index in [1.165, 1.54) is 0 Å². The Morgan fingerprint density at radius 2 is 2.06 bits per heavy atom. The number of fused-ring (bicyclic) bond motifs is 1. The summed E-state index contributed by atoms with van der Waals surface area (Å²) in [4.78, 5) is 17.8. The second-order valence-electron chi connectivity index (χ2n) is 9.14.